The number of fused-ring (bicyclic) bond motifs is 1. The first-order valence-corrected chi connectivity index (χ1v) is 8.48. The summed E-state index contributed by atoms with van der Waals surface area (Å²) in [4.78, 5) is 26.9. The third kappa shape index (κ3) is 3.28. The molecule has 0 aromatic heterocycles. The Kier molecular flexibility index (Phi) is 4.57. The van der Waals surface area contributed by atoms with Gasteiger partial charge in [-0.15, -0.1) is 11.8 Å². The average molecular weight is 344 g/mol. The van der Waals surface area contributed by atoms with Gasteiger partial charge in [-0.1, -0.05) is 19.1 Å². The van der Waals surface area contributed by atoms with Gasteiger partial charge >= 0.3 is 0 Å². The molecule has 2 aromatic carbocycles. The second-order valence-corrected chi connectivity index (χ2v) is 7.17. The largest absolute Gasteiger partial charge is 0.324 e. The summed E-state index contributed by atoms with van der Waals surface area (Å²) < 4.78 is 13.8. The van der Waals surface area contributed by atoms with Crippen LogP contribution in [0.1, 0.15) is 24.2 Å². The number of para-hydroxylation sites is 1. The van der Waals surface area contributed by atoms with Crippen LogP contribution in [0.15, 0.2) is 47.4 Å². The zero-order valence-electron chi connectivity index (χ0n) is 13.4. The Morgan fingerprint density at radius 3 is 2.75 bits per heavy atom. The third-order valence-electron chi connectivity index (χ3n) is 3.69. The van der Waals surface area contributed by atoms with Crippen molar-refractivity contribution in [2.24, 2.45) is 0 Å². The van der Waals surface area contributed by atoms with Gasteiger partial charge in [0.15, 0.2) is 0 Å². The number of anilines is 2. The highest BCUT2D eigenvalue weighted by Gasteiger charge is 2.27. The molecule has 0 fully saturated rings. The fraction of sp³-hybridized carbons (Fsp3) is 0.222. The first kappa shape index (κ1) is 16.5. The van der Waals surface area contributed by atoms with E-state index in [9.17, 15) is 14.0 Å². The van der Waals surface area contributed by atoms with Crippen LogP contribution in [0.2, 0.25) is 0 Å². The van der Waals surface area contributed by atoms with Crippen molar-refractivity contribution < 1.29 is 14.0 Å². The minimum Gasteiger partial charge on any atom is -0.324 e. The molecule has 6 heteroatoms. The number of carbonyl (C=O) groups is 2. The van der Waals surface area contributed by atoms with Gasteiger partial charge in [0.25, 0.3) is 5.91 Å². The minimum atomic E-state index is -0.565. The molecule has 1 N–H and O–H groups in total. The molecule has 24 heavy (non-hydrogen) atoms. The van der Waals surface area contributed by atoms with Gasteiger partial charge in [-0.05, 0) is 30.3 Å². The quantitative estimate of drug-likeness (QED) is 0.898. The van der Waals surface area contributed by atoms with Crippen LogP contribution < -0.4 is 10.2 Å². The molecular formula is C18H17FN2O2S. The van der Waals surface area contributed by atoms with Gasteiger partial charge in [-0.3, -0.25) is 9.59 Å². The molecule has 0 radical (unpaired) electrons. The van der Waals surface area contributed by atoms with Crippen molar-refractivity contribution in [1.82, 2.24) is 0 Å². The van der Waals surface area contributed by atoms with E-state index in [1.165, 1.54) is 25.1 Å². The van der Waals surface area contributed by atoms with E-state index in [1.807, 2.05) is 24.3 Å². The van der Waals surface area contributed by atoms with E-state index in [4.69, 9.17) is 0 Å². The first-order chi connectivity index (χ1) is 11.5. The number of hydrogen-bond acceptors (Lipinski definition) is 3. The van der Waals surface area contributed by atoms with Gasteiger partial charge in [0.2, 0.25) is 5.91 Å². The van der Waals surface area contributed by atoms with Crippen LogP contribution in [0.4, 0.5) is 15.8 Å². The molecule has 0 spiro atoms. The summed E-state index contributed by atoms with van der Waals surface area (Å²) in [6.07, 6.45) is 0. The van der Waals surface area contributed by atoms with Crippen molar-refractivity contribution in [3.8, 4) is 0 Å². The normalized spacial score (nSPS) is 16.5. The number of nitrogens with one attached hydrogen (secondary N) is 1. The maximum Gasteiger partial charge on any atom is 0.258 e. The van der Waals surface area contributed by atoms with Crippen LogP contribution in [-0.2, 0) is 4.79 Å². The van der Waals surface area contributed by atoms with Gasteiger partial charge in [0.05, 0.1) is 11.4 Å². The lowest BCUT2D eigenvalue weighted by Crippen LogP contribution is -2.38. The van der Waals surface area contributed by atoms with Crippen molar-refractivity contribution in [2.75, 3.05) is 16.8 Å². The van der Waals surface area contributed by atoms with Crippen molar-refractivity contribution in [1.29, 1.82) is 0 Å². The van der Waals surface area contributed by atoms with Crippen LogP contribution in [0, 0.1) is 5.82 Å². The fourth-order valence-electron chi connectivity index (χ4n) is 2.68. The van der Waals surface area contributed by atoms with Crippen LogP contribution >= 0.6 is 11.8 Å². The molecule has 1 heterocycles. The first-order valence-electron chi connectivity index (χ1n) is 7.60. The van der Waals surface area contributed by atoms with Crippen LogP contribution in [0.5, 0.6) is 0 Å². The van der Waals surface area contributed by atoms with Crippen LogP contribution in [0.25, 0.3) is 0 Å². The molecule has 3 rings (SSSR count). The highest BCUT2D eigenvalue weighted by Crippen LogP contribution is 2.38. The molecule has 2 aromatic rings. The van der Waals surface area contributed by atoms with Gasteiger partial charge < -0.3 is 10.2 Å². The van der Waals surface area contributed by atoms with E-state index >= 15 is 0 Å². The molecule has 1 aliphatic heterocycles. The second kappa shape index (κ2) is 6.65. The number of halogens is 1. The molecule has 0 saturated heterocycles. The van der Waals surface area contributed by atoms with Crippen molar-refractivity contribution in [3.05, 3.63) is 53.8 Å². The van der Waals surface area contributed by atoms with Gasteiger partial charge in [0, 0.05) is 29.2 Å². The van der Waals surface area contributed by atoms with Crippen molar-refractivity contribution in [2.45, 2.75) is 24.0 Å². The number of rotatable bonds is 2. The molecule has 4 nitrogen and oxygen atoms in total. The summed E-state index contributed by atoms with van der Waals surface area (Å²) in [5.41, 5.74) is 1.21. The Hall–Kier alpha value is -2.34. The van der Waals surface area contributed by atoms with E-state index in [0.29, 0.717) is 12.1 Å². The summed E-state index contributed by atoms with van der Waals surface area (Å²) in [5, 5.41) is 2.67. The number of nitrogens with zero attached hydrogens (tertiary/aromatic N) is 1. The van der Waals surface area contributed by atoms with Crippen molar-refractivity contribution >= 4 is 35.0 Å². The van der Waals surface area contributed by atoms with Crippen LogP contribution in [0.3, 0.4) is 0 Å². The van der Waals surface area contributed by atoms with E-state index in [-0.39, 0.29) is 22.8 Å². The Bertz CT molecular complexity index is 809. The highest BCUT2D eigenvalue weighted by molar-refractivity contribution is 8.00. The van der Waals surface area contributed by atoms with Crippen LogP contribution in [-0.4, -0.2) is 23.6 Å². The number of carbonyl (C=O) groups excluding carboxylic acids is 2. The summed E-state index contributed by atoms with van der Waals surface area (Å²) in [6, 6.07) is 11.8. The van der Waals surface area contributed by atoms with Gasteiger partial charge in [-0.25, -0.2) is 4.39 Å². The summed E-state index contributed by atoms with van der Waals surface area (Å²) in [6.45, 7) is 3.94. The predicted octanol–water partition coefficient (Wildman–Crippen LogP) is 3.93. The molecule has 0 saturated carbocycles. The lowest BCUT2D eigenvalue weighted by molar-refractivity contribution is -0.114. The maximum absolute atomic E-state index is 13.8. The molecule has 0 aliphatic carbocycles. The van der Waals surface area contributed by atoms with Gasteiger partial charge in [0.1, 0.15) is 5.82 Å². The number of amides is 2. The standard InChI is InChI=1S/C18H17FN2O2S/c1-11-10-21(16-5-3-4-6-17(16)24-11)18(23)13-7-8-14(19)15(9-13)20-12(2)22/h3-9,11H,10H2,1-2H3,(H,20,22)/t11-/m0/s1. The maximum atomic E-state index is 13.8. The lowest BCUT2D eigenvalue weighted by Gasteiger charge is -2.32. The van der Waals surface area contributed by atoms with E-state index in [1.54, 1.807) is 16.7 Å². The average Bonchev–Trinajstić information content (AvgIpc) is 2.55. The van der Waals surface area contributed by atoms with E-state index < -0.39 is 5.82 Å². The Labute approximate surface area is 144 Å². The Morgan fingerprint density at radius 1 is 1.25 bits per heavy atom. The SMILES string of the molecule is CC(=O)Nc1cc(C(=O)N2C[C@H](C)Sc3ccccc32)ccc1F. The number of benzene rings is 2. The topological polar surface area (TPSA) is 49.4 Å². The van der Waals surface area contributed by atoms with E-state index in [0.717, 1.165) is 10.6 Å². The molecule has 2 amide bonds. The monoisotopic (exact) mass is 344 g/mol. The van der Waals surface area contributed by atoms with E-state index in [2.05, 4.69) is 12.2 Å². The predicted molar refractivity (Wildman–Crippen MR) is 94.1 cm³/mol. The fourth-order valence-corrected chi connectivity index (χ4v) is 3.79. The Balaban J connectivity index is 1.96. The Morgan fingerprint density at radius 2 is 2.00 bits per heavy atom. The molecule has 0 unspecified atom stereocenters. The molecule has 0 bridgehead atoms. The minimum absolute atomic E-state index is 0.0149. The summed E-state index contributed by atoms with van der Waals surface area (Å²) in [7, 11) is 0. The zero-order valence-corrected chi connectivity index (χ0v) is 14.2. The molecular weight excluding hydrogens is 327 g/mol. The molecule has 1 atom stereocenters. The molecule has 1 aliphatic rings. The summed E-state index contributed by atoms with van der Waals surface area (Å²) in [5.74, 6) is -1.15. The van der Waals surface area contributed by atoms with Gasteiger partial charge in [-0.2, -0.15) is 0 Å². The number of hydrogen-bond donors (Lipinski definition) is 1. The third-order valence-corrected chi connectivity index (χ3v) is 4.84. The molecule has 124 valence electrons. The smallest absolute Gasteiger partial charge is 0.258 e. The lowest BCUT2D eigenvalue weighted by atomic mass is 10.1. The van der Waals surface area contributed by atoms with Crippen molar-refractivity contribution in [3.63, 3.8) is 0 Å². The second-order valence-electron chi connectivity index (χ2n) is 5.69. The summed E-state index contributed by atoms with van der Waals surface area (Å²) >= 11 is 1.73. The zero-order chi connectivity index (χ0) is 17.3. The highest BCUT2D eigenvalue weighted by atomic mass is 32.2. The number of thioether (sulfide) groups is 1.